The van der Waals surface area contributed by atoms with E-state index in [9.17, 15) is 18.0 Å². The van der Waals surface area contributed by atoms with Gasteiger partial charge >= 0.3 is 11.4 Å². The van der Waals surface area contributed by atoms with Gasteiger partial charge in [-0.1, -0.05) is 6.92 Å². The fourth-order valence-electron chi connectivity index (χ4n) is 1.31. The van der Waals surface area contributed by atoms with Crippen LogP contribution in [0.3, 0.4) is 0 Å². The second-order valence-electron chi connectivity index (χ2n) is 3.08. The third-order valence-electron chi connectivity index (χ3n) is 1.98. The highest BCUT2D eigenvalue weighted by molar-refractivity contribution is 7.89. The van der Waals surface area contributed by atoms with Crippen molar-refractivity contribution in [3.63, 3.8) is 0 Å². The van der Waals surface area contributed by atoms with Crippen LogP contribution in [0.5, 0.6) is 0 Å². The molecule has 1 saturated heterocycles. The lowest BCUT2D eigenvalue weighted by atomic mass is 10.6. The largest absolute Gasteiger partial charge is 0.341 e. The second kappa shape index (κ2) is 4.36. The van der Waals surface area contributed by atoms with Crippen molar-refractivity contribution in [1.29, 1.82) is 0 Å². The van der Waals surface area contributed by atoms with E-state index in [1.165, 1.54) is 0 Å². The van der Waals surface area contributed by atoms with Gasteiger partial charge in [-0.3, -0.25) is 4.79 Å². The maximum Gasteiger partial charge on any atom is 0.341 e. The molecule has 0 aromatic carbocycles. The number of amides is 3. The number of carbonyl (C=O) groups excluding carboxylic acids is 2. The van der Waals surface area contributed by atoms with Crippen LogP contribution in [0, 0.1) is 0 Å². The Bertz CT molecular complexity index is 380. The fraction of sp³-hybridized carbons (Fsp3) is 0.714. The Kier molecular flexibility index (Phi) is 3.56. The van der Waals surface area contributed by atoms with Gasteiger partial charge in [-0.15, -0.1) is 0 Å². The van der Waals surface area contributed by atoms with E-state index in [-0.39, 0.29) is 18.8 Å². The molecule has 0 aliphatic carbocycles. The third-order valence-corrected chi connectivity index (χ3v) is 4.12. The van der Waals surface area contributed by atoms with E-state index in [4.69, 9.17) is 11.6 Å². The van der Waals surface area contributed by atoms with Crippen molar-refractivity contribution in [2.45, 2.75) is 13.3 Å². The van der Waals surface area contributed by atoms with E-state index in [0.29, 0.717) is 15.6 Å². The molecule has 0 unspecified atom stereocenters. The number of imide groups is 1. The van der Waals surface area contributed by atoms with E-state index in [1.807, 2.05) is 0 Å². The molecular weight excluding hydrogens is 244 g/mol. The van der Waals surface area contributed by atoms with Gasteiger partial charge in [0.05, 0.1) is 18.8 Å². The van der Waals surface area contributed by atoms with Gasteiger partial charge in [-0.2, -0.15) is 0 Å². The number of hydrogen-bond acceptors (Lipinski definition) is 4. The highest BCUT2D eigenvalue weighted by Crippen LogP contribution is 2.16. The molecule has 86 valence electrons. The number of hydrogen-bond donors (Lipinski definition) is 0. The molecule has 0 spiro atoms. The SMILES string of the molecule is CCCS(=O)(=O)N1CCN(C(=O)Cl)C1=O. The van der Waals surface area contributed by atoms with Gasteiger partial charge in [0, 0.05) is 0 Å². The monoisotopic (exact) mass is 254 g/mol. The lowest BCUT2D eigenvalue weighted by Gasteiger charge is -2.15. The summed E-state index contributed by atoms with van der Waals surface area (Å²) in [5, 5.41) is -0.950. The first-order valence-electron chi connectivity index (χ1n) is 4.41. The summed E-state index contributed by atoms with van der Waals surface area (Å²) in [6, 6.07) is -0.858. The number of urea groups is 1. The minimum Gasteiger partial charge on any atom is -0.255 e. The fourth-order valence-corrected chi connectivity index (χ4v) is 2.90. The van der Waals surface area contributed by atoms with Crippen molar-refractivity contribution in [3.8, 4) is 0 Å². The lowest BCUT2D eigenvalue weighted by molar-refractivity contribution is 0.205. The zero-order chi connectivity index (χ0) is 11.6. The Morgan fingerprint density at radius 2 is 2.07 bits per heavy atom. The summed E-state index contributed by atoms with van der Waals surface area (Å²) >= 11 is 5.12. The summed E-state index contributed by atoms with van der Waals surface area (Å²) in [5.41, 5.74) is 0. The van der Waals surface area contributed by atoms with Gasteiger partial charge in [0.2, 0.25) is 10.0 Å². The van der Waals surface area contributed by atoms with Crippen LogP contribution in [0.4, 0.5) is 9.59 Å². The van der Waals surface area contributed by atoms with Crippen molar-refractivity contribution in [2.75, 3.05) is 18.8 Å². The average Bonchev–Trinajstić information content (AvgIpc) is 2.47. The van der Waals surface area contributed by atoms with E-state index in [0.717, 1.165) is 0 Å². The minimum absolute atomic E-state index is 0.0143. The number of halogens is 1. The van der Waals surface area contributed by atoms with Crippen LogP contribution in [0.2, 0.25) is 0 Å². The Balaban J connectivity index is 2.85. The van der Waals surface area contributed by atoms with Crippen LogP contribution in [0.1, 0.15) is 13.3 Å². The van der Waals surface area contributed by atoms with E-state index >= 15 is 0 Å². The van der Waals surface area contributed by atoms with Crippen LogP contribution < -0.4 is 0 Å². The molecule has 0 bridgehead atoms. The molecule has 0 aromatic heterocycles. The molecule has 1 rings (SSSR count). The first-order valence-corrected chi connectivity index (χ1v) is 6.40. The molecule has 0 N–H and O–H groups in total. The van der Waals surface area contributed by atoms with Gasteiger partial charge in [0.1, 0.15) is 0 Å². The van der Waals surface area contributed by atoms with Crippen LogP contribution in [0.25, 0.3) is 0 Å². The molecule has 0 radical (unpaired) electrons. The summed E-state index contributed by atoms with van der Waals surface area (Å²) in [6.07, 6.45) is 0.418. The average molecular weight is 255 g/mol. The molecular formula is C7H11ClN2O4S. The standard InChI is InChI=1S/C7H11ClN2O4S/c1-2-5-15(13,14)10-4-3-9(6(8)11)7(10)12/h2-5H2,1H3. The first-order chi connectivity index (χ1) is 6.90. The topological polar surface area (TPSA) is 74.8 Å². The predicted octanol–water partition coefficient (Wildman–Crippen LogP) is 0.823. The van der Waals surface area contributed by atoms with Crippen LogP contribution >= 0.6 is 11.6 Å². The molecule has 3 amide bonds. The number of nitrogens with zero attached hydrogens (tertiary/aromatic N) is 2. The maximum absolute atomic E-state index is 11.5. The highest BCUT2D eigenvalue weighted by atomic mass is 35.5. The van der Waals surface area contributed by atoms with Gasteiger partial charge in [0.15, 0.2) is 0 Å². The summed E-state index contributed by atoms with van der Waals surface area (Å²) in [5.74, 6) is -0.108. The Labute approximate surface area is 92.8 Å². The van der Waals surface area contributed by atoms with Gasteiger partial charge in [-0.25, -0.2) is 22.4 Å². The van der Waals surface area contributed by atoms with Crippen LogP contribution in [-0.4, -0.2) is 47.9 Å². The van der Waals surface area contributed by atoms with Crippen molar-refractivity contribution < 1.29 is 18.0 Å². The smallest absolute Gasteiger partial charge is 0.255 e. The van der Waals surface area contributed by atoms with Gasteiger partial charge < -0.3 is 0 Å². The molecule has 1 aliphatic rings. The minimum atomic E-state index is -3.59. The second-order valence-corrected chi connectivity index (χ2v) is 5.41. The Hall–Kier alpha value is -0.820. The van der Waals surface area contributed by atoms with Crippen LogP contribution in [-0.2, 0) is 10.0 Å². The summed E-state index contributed by atoms with van der Waals surface area (Å²) in [4.78, 5) is 22.9. The van der Waals surface area contributed by atoms with Crippen molar-refractivity contribution >= 4 is 33.0 Å². The molecule has 1 aliphatic heterocycles. The van der Waals surface area contributed by atoms with Crippen molar-refractivity contribution in [3.05, 3.63) is 0 Å². The molecule has 0 saturated carbocycles. The summed E-state index contributed by atoms with van der Waals surface area (Å²) in [7, 11) is -3.59. The van der Waals surface area contributed by atoms with Gasteiger partial charge in [0.25, 0.3) is 0 Å². The maximum atomic E-state index is 11.5. The molecule has 0 aromatic rings. The number of carbonyl (C=O) groups is 2. The normalized spacial score (nSPS) is 17.3. The summed E-state index contributed by atoms with van der Waals surface area (Å²) in [6.45, 7) is 1.70. The molecule has 15 heavy (non-hydrogen) atoms. The third kappa shape index (κ3) is 2.40. The van der Waals surface area contributed by atoms with E-state index < -0.39 is 21.4 Å². The molecule has 6 nitrogen and oxygen atoms in total. The number of rotatable bonds is 3. The zero-order valence-corrected chi connectivity index (χ0v) is 9.71. The van der Waals surface area contributed by atoms with E-state index in [1.54, 1.807) is 6.92 Å². The quantitative estimate of drug-likeness (QED) is 0.552. The predicted molar refractivity (Wildman–Crippen MR) is 54.1 cm³/mol. The first kappa shape index (κ1) is 12.3. The molecule has 8 heteroatoms. The van der Waals surface area contributed by atoms with Crippen molar-refractivity contribution in [2.24, 2.45) is 0 Å². The molecule has 1 heterocycles. The van der Waals surface area contributed by atoms with Gasteiger partial charge in [-0.05, 0) is 18.0 Å². The van der Waals surface area contributed by atoms with E-state index in [2.05, 4.69) is 0 Å². The number of sulfonamides is 1. The van der Waals surface area contributed by atoms with Crippen LogP contribution in [0.15, 0.2) is 0 Å². The lowest BCUT2D eigenvalue weighted by Crippen LogP contribution is -2.38. The molecule has 0 atom stereocenters. The molecule has 1 fully saturated rings. The Morgan fingerprint density at radius 3 is 2.47 bits per heavy atom. The summed E-state index contributed by atoms with van der Waals surface area (Å²) < 4.78 is 23.8. The van der Waals surface area contributed by atoms with Crippen molar-refractivity contribution in [1.82, 2.24) is 9.21 Å². The highest BCUT2D eigenvalue weighted by Gasteiger charge is 2.38. The Morgan fingerprint density at radius 1 is 1.47 bits per heavy atom. The zero-order valence-electron chi connectivity index (χ0n) is 8.14.